The fourth-order valence-corrected chi connectivity index (χ4v) is 2.01. The molecule has 1 aromatic rings. The number of aryl methyl sites for hydroxylation is 1. The molecule has 1 N–H and O–H groups in total. The van der Waals surface area contributed by atoms with Crippen LogP contribution in [0.25, 0.3) is 0 Å². The first-order valence-electron chi connectivity index (χ1n) is 7.17. The molecule has 5 nitrogen and oxygen atoms in total. The standard InChI is InChI=1S/C16H23NO4/c1-4-21-16(20)11-17(12(2)3)15(19)10-9-13-7-5-6-8-14(13)18/h5-8,12,18H,4,9-11H2,1-3H3. The van der Waals surface area contributed by atoms with Gasteiger partial charge in [0.2, 0.25) is 5.91 Å². The van der Waals surface area contributed by atoms with Gasteiger partial charge in [-0.1, -0.05) is 18.2 Å². The Hall–Kier alpha value is -2.04. The van der Waals surface area contributed by atoms with Crippen LogP contribution in [0.15, 0.2) is 24.3 Å². The zero-order valence-corrected chi connectivity index (χ0v) is 12.8. The van der Waals surface area contributed by atoms with E-state index < -0.39 is 5.97 Å². The molecule has 21 heavy (non-hydrogen) atoms. The summed E-state index contributed by atoms with van der Waals surface area (Å²) < 4.78 is 4.88. The number of aromatic hydroxyl groups is 1. The minimum absolute atomic E-state index is 0.0366. The largest absolute Gasteiger partial charge is 0.508 e. The molecule has 0 spiro atoms. The lowest BCUT2D eigenvalue weighted by Crippen LogP contribution is -2.41. The molecule has 1 rings (SSSR count). The Morgan fingerprint density at radius 3 is 2.52 bits per heavy atom. The number of carbonyl (C=O) groups excluding carboxylic acids is 2. The lowest BCUT2D eigenvalue weighted by Gasteiger charge is -2.25. The Morgan fingerprint density at radius 1 is 1.29 bits per heavy atom. The molecule has 0 atom stereocenters. The van der Waals surface area contributed by atoms with E-state index in [1.165, 1.54) is 4.90 Å². The van der Waals surface area contributed by atoms with E-state index >= 15 is 0 Å². The maximum Gasteiger partial charge on any atom is 0.325 e. The van der Waals surface area contributed by atoms with Crippen LogP contribution in [-0.4, -0.2) is 41.1 Å². The third kappa shape index (κ3) is 5.45. The third-order valence-corrected chi connectivity index (χ3v) is 3.15. The highest BCUT2D eigenvalue weighted by atomic mass is 16.5. The number of hydrogen-bond donors (Lipinski definition) is 1. The number of amides is 1. The molecule has 5 heteroatoms. The molecule has 1 aromatic carbocycles. The molecule has 0 fully saturated rings. The summed E-state index contributed by atoms with van der Waals surface area (Å²) in [5, 5.41) is 9.69. The van der Waals surface area contributed by atoms with Gasteiger partial charge in [-0.25, -0.2) is 0 Å². The van der Waals surface area contributed by atoms with Crippen LogP contribution in [0.3, 0.4) is 0 Å². The number of phenols is 1. The van der Waals surface area contributed by atoms with Crippen molar-refractivity contribution in [1.82, 2.24) is 4.90 Å². The van der Waals surface area contributed by atoms with E-state index in [0.29, 0.717) is 13.0 Å². The molecule has 0 heterocycles. The predicted octanol–water partition coefficient (Wildman–Crippen LogP) is 2.12. The van der Waals surface area contributed by atoms with Crippen LogP contribution in [0, 0.1) is 0 Å². The highest BCUT2D eigenvalue weighted by molar-refractivity contribution is 5.82. The molecule has 0 radical (unpaired) electrons. The van der Waals surface area contributed by atoms with Gasteiger partial charge in [-0.05, 0) is 38.8 Å². The van der Waals surface area contributed by atoms with Crippen molar-refractivity contribution in [2.24, 2.45) is 0 Å². The molecule has 0 saturated heterocycles. The summed E-state index contributed by atoms with van der Waals surface area (Å²) in [6, 6.07) is 6.86. The second-order valence-corrected chi connectivity index (χ2v) is 5.05. The van der Waals surface area contributed by atoms with Gasteiger partial charge in [-0.3, -0.25) is 9.59 Å². The van der Waals surface area contributed by atoms with E-state index in [1.807, 2.05) is 19.9 Å². The smallest absolute Gasteiger partial charge is 0.325 e. The number of esters is 1. The topological polar surface area (TPSA) is 66.8 Å². The van der Waals surface area contributed by atoms with Crippen LogP contribution < -0.4 is 0 Å². The summed E-state index contributed by atoms with van der Waals surface area (Å²) >= 11 is 0. The van der Waals surface area contributed by atoms with Gasteiger partial charge < -0.3 is 14.7 Å². The van der Waals surface area contributed by atoms with Crippen molar-refractivity contribution < 1.29 is 19.4 Å². The fourth-order valence-electron chi connectivity index (χ4n) is 2.01. The van der Waals surface area contributed by atoms with Gasteiger partial charge in [0.1, 0.15) is 12.3 Å². The Bertz CT molecular complexity index is 485. The SMILES string of the molecule is CCOC(=O)CN(C(=O)CCc1ccccc1O)C(C)C. The Balaban J connectivity index is 2.61. The van der Waals surface area contributed by atoms with Crippen LogP contribution in [0.4, 0.5) is 0 Å². The molecule has 0 aliphatic carbocycles. The number of carbonyl (C=O) groups is 2. The summed E-state index contributed by atoms with van der Waals surface area (Å²) in [6.07, 6.45) is 0.687. The summed E-state index contributed by atoms with van der Waals surface area (Å²) in [5.41, 5.74) is 0.727. The molecule has 0 saturated carbocycles. The summed E-state index contributed by atoms with van der Waals surface area (Å²) in [5.74, 6) is -0.338. The van der Waals surface area contributed by atoms with Gasteiger partial charge in [-0.2, -0.15) is 0 Å². The predicted molar refractivity (Wildman–Crippen MR) is 79.9 cm³/mol. The van der Waals surface area contributed by atoms with Gasteiger partial charge in [0.15, 0.2) is 0 Å². The van der Waals surface area contributed by atoms with Crippen molar-refractivity contribution in [1.29, 1.82) is 0 Å². The number of hydrogen-bond acceptors (Lipinski definition) is 4. The van der Waals surface area contributed by atoms with E-state index in [1.54, 1.807) is 25.1 Å². The van der Waals surface area contributed by atoms with Crippen LogP contribution in [-0.2, 0) is 20.7 Å². The van der Waals surface area contributed by atoms with Crippen LogP contribution in [0.5, 0.6) is 5.75 Å². The minimum atomic E-state index is -0.401. The van der Waals surface area contributed by atoms with E-state index in [4.69, 9.17) is 4.74 Å². The molecule has 0 aromatic heterocycles. The van der Waals surface area contributed by atoms with Crippen molar-refractivity contribution in [3.63, 3.8) is 0 Å². The average molecular weight is 293 g/mol. The van der Waals surface area contributed by atoms with E-state index in [-0.39, 0.29) is 30.7 Å². The lowest BCUT2D eigenvalue weighted by atomic mass is 10.1. The maximum atomic E-state index is 12.2. The highest BCUT2D eigenvalue weighted by Gasteiger charge is 2.20. The quantitative estimate of drug-likeness (QED) is 0.782. The second-order valence-electron chi connectivity index (χ2n) is 5.05. The number of rotatable bonds is 7. The average Bonchev–Trinajstić information content (AvgIpc) is 2.43. The van der Waals surface area contributed by atoms with Gasteiger partial charge in [0.05, 0.1) is 6.61 Å². The zero-order valence-electron chi connectivity index (χ0n) is 12.8. The Labute approximate surface area is 125 Å². The van der Waals surface area contributed by atoms with Gasteiger partial charge in [-0.15, -0.1) is 0 Å². The van der Waals surface area contributed by atoms with Crippen LogP contribution in [0.1, 0.15) is 32.8 Å². The summed E-state index contributed by atoms with van der Waals surface area (Å²) in [6.45, 7) is 5.72. The molecule has 116 valence electrons. The normalized spacial score (nSPS) is 10.5. The maximum absolute atomic E-state index is 12.2. The van der Waals surface area contributed by atoms with Crippen molar-refractivity contribution in [3.8, 4) is 5.75 Å². The number of nitrogens with zero attached hydrogens (tertiary/aromatic N) is 1. The first-order chi connectivity index (χ1) is 9.95. The van der Waals surface area contributed by atoms with E-state index in [9.17, 15) is 14.7 Å². The summed E-state index contributed by atoms with van der Waals surface area (Å²) in [4.78, 5) is 25.3. The monoisotopic (exact) mass is 293 g/mol. The van der Waals surface area contributed by atoms with Crippen molar-refractivity contribution in [2.75, 3.05) is 13.2 Å². The Morgan fingerprint density at radius 2 is 1.95 bits per heavy atom. The Kier molecular flexibility index (Phi) is 6.72. The second kappa shape index (κ2) is 8.29. The molecule has 1 amide bonds. The number of benzene rings is 1. The van der Waals surface area contributed by atoms with Crippen molar-refractivity contribution >= 4 is 11.9 Å². The number of ether oxygens (including phenoxy) is 1. The minimum Gasteiger partial charge on any atom is -0.508 e. The highest BCUT2D eigenvalue weighted by Crippen LogP contribution is 2.18. The van der Waals surface area contributed by atoms with Gasteiger partial charge in [0, 0.05) is 12.5 Å². The first-order valence-corrected chi connectivity index (χ1v) is 7.17. The van der Waals surface area contributed by atoms with E-state index in [2.05, 4.69) is 0 Å². The molecule has 0 aliphatic heterocycles. The summed E-state index contributed by atoms with van der Waals surface area (Å²) in [7, 11) is 0. The molecule has 0 unspecified atom stereocenters. The first kappa shape index (κ1) is 17.0. The lowest BCUT2D eigenvalue weighted by molar-refractivity contribution is -0.150. The van der Waals surface area contributed by atoms with Crippen molar-refractivity contribution in [2.45, 2.75) is 39.7 Å². The molecular formula is C16H23NO4. The van der Waals surface area contributed by atoms with E-state index in [0.717, 1.165) is 5.56 Å². The fraction of sp³-hybridized carbons (Fsp3) is 0.500. The van der Waals surface area contributed by atoms with Crippen LogP contribution in [0.2, 0.25) is 0 Å². The zero-order chi connectivity index (χ0) is 15.8. The van der Waals surface area contributed by atoms with Gasteiger partial charge in [0.25, 0.3) is 0 Å². The van der Waals surface area contributed by atoms with Gasteiger partial charge >= 0.3 is 5.97 Å². The number of para-hydroxylation sites is 1. The van der Waals surface area contributed by atoms with Crippen LogP contribution >= 0.6 is 0 Å². The number of phenolic OH excluding ortho intramolecular Hbond substituents is 1. The van der Waals surface area contributed by atoms with Crippen molar-refractivity contribution in [3.05, 3.63) is 29.8 Å². The molecule has 0 aliphatic rings. The molecular weight excluding hydrogens is 270 g/mol. The molecule has 0 bridgehead atoms. The third-order valence-electron chi connectivity index (χ3n) is 3.15.